The number of thiocarbonyl (C=S) groups is 1. The molecule has 0 radical (unpaired) electrons. The van der Waals surface area contributed by atoms with Crippen LogP contribution in [0.25, 0.3) is 0 Å². The van der Waals surface area contributed by atoms with Gasteiger partial charge in [-0.15, -0.1) is 0 Å². The van der Waals surface area contributed by atoms with Gasteiger partial charge in [0.25, 0.3) is 5.17 Å². The lowest BCUT2D eigenvalue weighted by atomic mass is 10.5. The second kappa shape index (κ2) is 5.18. The van der Waals surface area contributed by atoms with E-state index in [1.165, 1.54) is 0 Å². The molecule has 0 aliphatic rings. The summed E-state index contributed by atoms with van der Waals surface area (Å²) in [7, 11) is 0. The maximum Gasteiger partial charge on any atom is 0.253 e. The van der Waals surface area contributed by atoms with Crippen LogP contribution in [0.2, 0.25) is 0 Å². The number of hydrogen-bond donors (Lipinski definition) is 2. The van der Waals surface area contributed by atoms with Crippen LogP contribution in [0.1, 0.15) is 6.42 Å². The summed E-state index contributed by atoms with van der Waals surface area (Å²) >= 11 is 8.40. The monoisotopic (exact) mass is 151 g/mol. The van der Waals surface area contributed by atoms with E-state index in [9.17, 15) is 0 Å². The normalized spacial score (nSPS) is 8.62. The molecule has 0 aliphatic carbocycles. The van der Waals surface area contributed by atoms with Crippen molar-refractivity contribution in [3.63, 3.8) is 0 Å². The second-order valence-corrected chi connectivity index (χ2v) is 2.09. The van der Waals surface area contributed by atoms with Gasteiger partial charge in [0.05, 0.1) is 6.61 Å². The summed E-state index contributed by atoms with van der Waals surface area (Å²) < 4.78 is 4.74. The third kappa shape index (κ3) is 6.04. The number of hydrogen-bond acceptors (Lipinski definition) is 3. The summed E-state index contributed by atoms with van der Waals surface area (Å²) in [4.78, 5) is 0. The Hall–Kier alpha value is 0.0400. The molecule has 0 spiro atoms. The molecule has 0 atom stereocenters. The van der Waals surface area contributed by atoms with Gasteiger partial charge < -0.3 is 10.5 Å². The SMILES string of the molecule is NC(=S)OCCCS. The topological polar surface area (TPSA) is 35.2 Å². The van der Waals surface area contributed by atoms with E-state index in [4.69, 9.17) is 10.5 Å². The highest BCUT2D eigenvalue weighted by Gasteiger charge is 1.85. The van der Waals surface area contributed by atoms with Gasteiger partial charge >= 0.3 is 0 Å². The molecule has 2 nitrogen and oxygen atoms in total. The number of ether oxygens (including phenoxy) is 1. The molecule has 0 unspecified atom stereocenters. The fourth-order valence-electron chi connectivity index (χ4n) is 0.237. The number of nitrogens with two attached hydrogens (primary N) is 1. The zero-order valence-electron chi connectivity index (χ0n) is 4.46. The minimum Gasteiger partial charge on any atom is -0.471 e. The second-order valence-electron chi connectivity index (χ2n) is 1.24. The van der Waals surface area contributed by atoms with Crippen molar-refractivity contribution >= 4 is 30.0 Å². The Bertz CT molecular complexity index is 76.4. The van der Waals surface area contributed by atoms with E-state index in [0.29, 0.717) is 6.61 Å². The smallest absolute Gasteiger partial charge is 0.253 e. The predicted octanol–water partition coefficient (Wildman–Crippen LogP) is 0.567. The first-order chi connectivity index (χ1) is 3.77. The van der Waals surface area contributed by atoms with Crippen LogP contribution in [0, 0.1) is 0 Å². The standard InChI is InChI=1S/C4H9NOS2/c5-4(8)6-2-1-3-7/h7H,1-3H2,(H2,5,8). The van der Waals surface area contributed by atoms with Gasteiger partial charge in [-0.2, -0.15) is 12.6 Å². The minimum atomic E-state index is 0.117. The summed E-state index contributed by atoms with van der Waals surface area (Å²) in [6, 6.07) is 0. The largest absolute Gasteiger partial charge is 0.471 e. The first-order valence-electron chi connectivity index (χ1n) is 2.30. The first kappa shape index (κ1) is 8.04. The van der Waals surface area contributed by atoms with Gasteiger partial charge in [-0.3, -0.25) is 0 Å². The van der Waals surface area contributed by atoms with E-state index in [0.717, 1.165) is 12.2 Å². The molecule has 0 heterocycles. The van der Waals surface area contributed by atoms with Crippen molar-refractivity contribution in [3.8, 4) is 0 Å². The Morgan fingerprint density at radius 3 is 2.75 bits per heavy atom. The Morgan fingerprint density at radius 1 is 1.75 bits per heavy atom. The third-order valence-electron chi connectivity index (χ3n) is 0.547. The molecule has 48 valence electrons. The van der Waals surface area contributed by atoms with Gasteiger partial charge in [-0.25, -0.2) is 0 Å². The third-order valence-corrected chi connectivity index (χ3v) is 0.981. The molecule has 0 aromatic carbocycles. The summed E-state index contributed by atoms with van der Waals surface area (Å²) in [6.45, 7) is 0.582. The molecule has 0 fully saturated rings. The van der Waals surface area contributed by atoms with Crippen molar-refractivity contribution in [2.24, 2.45) is 5.73 Å². The van der Waals surface area contributed by atoms with E-state index in [1.54, 1.807) is 0 Å². The summed E-state index contributed by atoms with van der Waals surface area (Å²) in [5.74, 6) is 0.808. The zero-order chi connectivity index (χ0) is 6.41. The van der Waals surface area contributed by atoms with Gasteiger partial charge in [0.15, 0.2) is 0 Å². The van der Waals surface area contributed by atoms with Crippen LogP contribution < -0.4 is 5.73 Å². The number of rotatable bonds is 3. The predicted molar refractivity (Wildman–Crippen MR) is 41.2 cm³/mol. The minimum absolute atomic E-state index is 0.117. The average Bonchev–Trinajstić information content (AvgIpc) is 1.66. The average molecular weight is 151 g/mol. The quantitative estimate of drug-likeness (QED) is 0.351. The van der Waals surface area contributed by atoms with Gasteiger partial charge in [-0.1, -0.05) is 0 Å². The highest BCUT2D eigenvalue weighted by atomic mass is 32.1. The maximum atomic E-state index is 5.02. The molecule has 0 aromatic heterocycles. The van der Waals surface area contributed by atoms with E-state index in [2.05, 4.69) is 24.8 Å². The molecule has 2 N–H and O–H groups in total. The van der Waals surface area contributed by atoms with Crippen LogP contribution in [0.15, 0.2) is 0 Å². The van der Waals surface area contributed by atoms with Crippen molar-refractivity contribution in [2.45, 2.75) is 6.42 Å². The molecule has 0 rings (SSSR count). The molecule has 0 saturated carbocycles. The lowest BCUT2D eigenvalue weighted by Crippen LogP contribution is -2.13. The van der Waals surface area contributed by atoms with Crippen LogP contribution in [-0.2, 0) is 4.74 Å². The molecule has 0 bridgehead atoms. The molecular weight excluding hydrogens is 142 g/mol. The van der Waals surface area contributed by atoms with Crippen molar-refractivity contribution < 1.29 is 4.74 Å². The van der Waals surface area contributed by atoms with Crippen molar-refractivity contribution in [1.29, 1.82) is 0 Å². The van der Waals surface area contributed by atoms with Crippen LogP contribution in [-0.4, -0.2) is 17.5 Å². The zero-order valence-corrected chi connectivity index (χ0v) is 6.17. The van der Waals surface area contributed by atoms with Crippen molar-refractivity contribution in [3.05, 3.63) is 0 Å². The van der Waals surface area contributed by atoms with Crippen LogP contribution in [0.3, 0.4) is 0 Å². The van der Waals surface area contributed by atoms with Crippen LogP contribution in [0.5, 0.6) is 0 Å². The lowest BCUT2D eigenvalue weighted by molar-refractivity contribution is 0.310. The molecule has 0 aliphatic heterocycles. The van der Waals surface area contributed by atoms with E-state index in [-0.39, 0.29) is 5.17 Å². The molecule has 4 heteroatoms. The molecule has 8 heavy (non-hydrogen) atoms. The maximum absolute atomic E-state index is 5.02. The Morgan fingerprint density at radius 2 is 2.38 bits per heavy atom. The lowest BCUT2D eigenvalue weighted by Gasteiger charge is -1.98. The molecular formula is C4H9NOS2. The fourth-order valence-corrected chi connectivity index (χ4v) is 0.450. The van der Waals surface area contributed by atoms with E-state index in [1.807, 2.05) is 0 Å². The van der Waals surface area contributed by atoms with E-state index < -0.39 is 0 Å². The van der Waals surface area contributed by atoms with E-state index >= 15 is 0 Å². The van der Waals surface area contributed by atoms with Crippen LogP contribution >= 0.6 is 24.8 Å². The van der Waals surface area contributed by atoms with Gasteiger partial charge in [0.1, 0.15) is 0 Å². The first-order valence-corrected chi connectivity index (χ1v) is 3.34. The van der Waals surface area contributed by atoms with Crippen molar-refractivity contribution in [1.82, 2.24) is 0 Å². The Balaban J connectivity index is 2.82. The van der Waals surface area contributed by atoms with Gasteiger partial charge in [0.2, 0.25) is 0 Å². The summed E-state index contributed by atoms with van der Waals surface area (Å²) in [5.41, 5.74) is 5.02. The van der Waals surface area contributed by atoms with Gasteiger partial charge in [-0.05, 0) is 24.4 Å². The van der Waals surface area contributed by atoms with Crippen molar-refractivity contribution in [2.75, 3.05) is 12.4 Å². The summed E-state index contributed by atoms with van der Waals surface area (Å²) in [5, 5.41) is 0.117. The highest BCUT2D eigenvalue weighted by molar-refractivity contribution is 7.80. The Kier molecular flexibility index (Phi) is 5.21. The molecule has 0 saturated heterocycles. The summed E-state index contributed by atoms with van der Waals surface area (Å²) in [6.07, 6.45) is 0.889. The Labute approximate surface area is 59.8 Å². The van der Waals surface area contributed by atoms with Crippen LogP contribution in [0.4, 0.5) is 0 Å². The molecule has 0 aromatic rings. The number of thiol groups is 1. The van der Waals surface area contributed by atoms with Gasteiger partial charge in [0, 0.05) is 0 Å². The fraction of sp³-hybridized carbons (Fsp3) is 0.750. The molecule has 0 amide bonds. The highest BCUT2D eigenvalue weighted by Crippen LogP contribution is 1.84.